The van der Waals surface area contributed by atoms with Crippen molar-refractivity contribution in [3.05, 3.63) is 34.4 Å². The highest BCUT2D eigenvalue weighted by molar-refractivity contribution is 7.87. The minimum Gasteiger partial charge on any atom is -0.266 e. The monoisotopic (exact) mass is 315 g/mol. The lowest BCUT2D eigenvalue weighted by molar-refractivity contribution is -0.387. The number of hydrogen-bond donors (Lipinski definition) is 0. The van der Waals surface area contributed by atoms with Crippen LogP contribution in [0.25, 0.3) is 0 Å². The highest BCUT2D eigenvalue weighted by atomic mass is 32.2. The molecule has 6 nitrogen and oxygen atoms in total. The number of nitro benzene ring substituents is 1. The third-order valence-electron chi connectivity index (χ3n) is 3.07. The van der Waals surface area contributed by atoms with Crippen LogP contribution in [0.15, 0.2) is 29.2 Å². The van der Waals surface area contributed by atoms with Gasteiger partial charge in [-0.2, -0.15) is 8.42 Å². The number of unbranched alkanes of at least 4 members (excludes halogenated alkanes) is 5. The van der Waals surface area contributed by atoms with E-state index in [0.29, 0.717) is 6.42 Å². The molecule has 0 aromatic heterocycles. The second-order valence-corrected chi connectivity index (χ2v) is 6.35. The van der Waals surface area contributed by atoms with Crippen LogP contribution in [0, 0.1) is 10.1 Å². The molecular weight excluding hydrogens is 294 g/mol. The zero-order valence-electron chi connectivity index (χ0n) is 12.2. The molecule has 7 heteroatoms. The third-order valence-corrected chi connectivity index (χ3v) is 4.43. The van der Waals surface area contributed by atoms with Crippen LogP contribution in [0.2, 0.25) is 0 Å². The highest BCUT2D eigenvalue weighted by Crippen LogP contribution is 2.24. The first-order valence-electron chi connectivity index (χ1n) is 7.12. The van der Waals surface area contributed by atoms with E-state index in [9.17, 15) is 18.5 Å². The summed E-state index contributed by atoms with van der Waals surface area (Å²) < 4.78 is 28.8. The van der Waals surface area contributed by atoms with Crippen molar-refractivity contribution in [1.29, 1.82) is 0 Å². The second kappa shape index (κ2) is 8.74. The Morgan fingerprint density at radius 3 is 2.38 bits per heavy atom. The van der Waals surface area contributed by atoms with Gasteiger partial charge in [-0.3, -0.25) is 14.3 Å². The predicted molar refractivity (Wildman–Crippen MR) is 79.6 cm³/mol. The SMILES string of the molecule is CCCCCCCCOS(=O)(=O)c1ccccc1[N+](=O)[O-]. The van der Waals surface area contributed by atoms with E-state index in [1.807, 2.05) is 0 Å². The van der Waals surface area contributed by atoms with E-state index in [0.717, 1.165) is 31.7 Å². The van der Waals surface area contributed by atoms with Crippen molar-refractivity contribution in [2.75, 3.05) is 6.61 Å². The molecular formula is C14H21NO5S. The molecule has 0 spiro atoms. The van der Waals surface area contributed by atoms with Gasteiger partial charge in [0, 0.05) is 6.07 Å². The summed E-state index contributed by atoms with van der Waals surface area (Å²) in [4.78, 5) is 9.72. The fourth-order valence-electron chi connectivity index (χ4n) is 1.93. The molecule has 0 atom stereocenters. The lowest BCUT2D eigenvalue weighted by atomic mass is 10.1. The highest BCUT2D eigenvalue weighted by Gasteiger charge is 2.25. The van der Waals surface area contributed by atoms with Crippen molar-refractivity contribution in [2.45, 2.75) is 50.3 Å². The van der Waals surface area contributed by atoms with Gasteiger partial charge in [-0.1, -0.05) is 51.2 Å². The van der Waals surface area contributed by atoms with Gasteiger partial charge in [0.25, 0.3) is 5.69 Å². The molecule has 0 bridgehead atoms. The molecule has 0 N–H and O–H groups in total. The number of nitrogens with zero attached hydrogens (tertiary/aromatic N) is 1. The van der Waals surface area contributed by atoms with E-state index >= 15 is 0 Å². The standard InChI is InChI=1S/C14H21NO5S/c1-2-3-4-5-6-9-12-20-21(18,19)14-11-8-7-10-13(14)15(16)17/h7-8,10-11H,2-6,9,12H2,1H3. The van der Waals surface area contributed by atoms with Crippen LogP contribution in [0.4, 0.5) is 5.69 Å². The van der Waals surface area contributed by atoms with Crippen LogP contribution in [0.5, 0.6) is 0 Å². The van der Waals surface area contributed by atoms with Crippen molar-refractivity contribution in [2.24, 2.45) is 0 Å². The van der Waals surface area contributed by atoms with Gasteiger partial charge >= 0.3 is 10.1 Å². The van der Waals surface area contributed by atoms with Crippen LogP contribution < -0.4 is 0 Å². The van der Waals surface area contributed by atoms with Gasteiger partial charge in [0.1, 0.15) is 0 Å². The van der Waals surface area contributed by atoms with E-state index in [4.69, 9.17) is 4.18 Å². The molecule has 1 rings (SSSR count). The van der Waals surface area contributed by atoms with Crippen LogP contribution in [-0.4, -0.2) is 19.9 Å². The van der Waals surface area contributed by atoms with Crippen molar-refractivity contribution >= 4 is 15.8 Å². The molecule has 1 aromatic carbocycles. The van der Waals surface area contributed by atoms with Crippen molar-refractivity contribution in [3.63, 3.8) is 0 Å². The van der Waals surface area contributed by atoms with E-state index < -0.39 is 20.7 Å². The maximum Gasteiger partial charge on any atom is 0.303 e. The number of hydrogen-bond acceptors (Lipinski definition) is 5. The Kier molecular flexibility index (Phi) is 7.31. The molecule has 118 valence electrons. The molecule has 21 heavy (non-hydrogen) atoms. The number of benzene rings is 1. The summed E-state index contributed by atoms with van der Waals surface area (Å²) >= 11 is 0. The fraction of sp³-hybridized carbons (Fsp3) is 0.571. The molecule has 0 saturated heterocycles. The molecule has 0 heterocycles. The van der Waals surface area contributed by atoms with Crippen LogP contribution >= 0.6 is 0 Å². The van der Waals surface area contributed by atoms with Gasteiger partial charge < -0.3 is 0 Å². The summed E-state index contributed by atoms with van der Waals surface area (Å²) in [5.41, 5.74) is -0.458. The first-order chi connectivity index (χ1) is 9.99. The van der Waals surface area contributed by atoms with Gasteiger partial charge in [0.15, 0.2) is 4.90 Å². The summed E-state index contributed by atoms with van der Waals surface area (Å²) in [6.07, 6.45) is 6.03. The normalized spacial score (nSPS) is 11.5. The first kappa shape index (κ1) is 17.6. The third kappa shape index (κ3) is 5.81. The molecule has 0 amide bonds. The summed E-state index contributed by atoms with van der Waals surface area (Å²) in [5, 5.41) is 10.8. The molecule has 0 aliphatic heterocycles. The second-order valence-electron chi connectivity index (χ2n) is 4.77. The van der Waals surface area contributed by atoms with Gasteiger partial charge in [-0.15, -0.1) is 0 Å². The zero-order valence-corrected chi connectivity index (χ0v) is 13.0. The van der Waals surface area contributed by atoms with E-state index in [1.165, 1.54) is 24.6 Å². The minimum atomic E-state index is -4.08. The van der Waals surface area contributed by atoms with Crippen LogP contribution in [0.1, 0.15) is 45.4 Å². The van der Waals surface area contributed by atoms with Crippen LogP contribution in [-0.2, 0) is 14.3 Å². The molecule has 0 saturated carbocycles. The van der Waals surface area contributed by atoms with Gasteiger partial charge in [-0.05, 0) is 12.5 Å². The van der Waals surface area contributed by atoms with Crippen LogP contribution in [0.3, 0.4) is 0 Å². The zero-order chi connectivity index (χ0) is 15.7. The molecule has 0 aliphatic rings. The Balaban J connectivity index is 2.53. The number of para-hydroxylation sites is 1. The predicted octanol–water partition coefficient (Wildman–Crippen LogP) is 3.66. The largest absolute Gasteiger partial charge is 0.303 e. The Morgan fingerprint density at radius 1 is 1.10 bits per heavy atom. The topological polar surface area (TPSA) is 86.5 Å². The van der Waals surface area contributed by atoms with Gasteiger partial charge in [0.05, 0.1) is 11.5 Å². The average molecular weight is 315 g/mol. The van der Waals surface area contributed by atoms with Gasteiger partial charge in [-0.25, -0.2) is 0 Å². The molecule has 0 unspecified atom stereocenters. The molecule has 0 radical (unpaired) electrons. The summed E-state index contributed by atoms with van der Waals surface area (Å²) in [7, 11) is -4.08. The van der Waals surface area contributed by atoms with Gasteiger partial charge in [0.2, 0.25) is 0 Å². The lowest BCUT2D eigenvalue weighted by Crippen LogP contribution is -2.10. The smallest absolute Gasteiger partial charge is 0.266 e. The van der Waals surface area contributed by atoms with E-state index in [2.05, 4.69) is 6.92 Å². The van der Waals surface area contributed by atoms with Crippen molar-refractivity contribution < 1.29 is 17.5 Å². The minimum absolute atomic E-state index is 0.0561. The average Bonchev–Trinajstić information content (AvgIpc) is 2.46. The van der Waals surface area contributed by atoms with Crippen molar-refractivity contribution in [1.82, 2.24) is 0 Å². The van der Waals surface area contributed by atoms with Crippen molar-refractivity contribution in [3.8, 4) is 0 Å². The molecule has 0 fully saturated rings. The molecule has 0 aliphatic carbocycles. The molecule has 1 aromatic rings. The lowest BCUT2D eigenvalue weighted by Gasteiger charge is -2.06. The maximum absolute atomic E-state index is 12.0. The Hall–Kier alpha value is -1.47. The number of nitro groups is 1. The Bertz CT molecular complexity index is 556. The Morgan fingerprint density at radius 2 is 1.71 bits per heavy atom. The number of rotatable bonds is 10. The summed E-state index contributed by atoms with van der Waals surface area (Å²) in [5.74, 6) is 0. The first-order valence-corrected chi connectivity index (χ1v) is 8.52. The van der Waals surface area contributed by atoms with E-state index in [-0.39, 0.29) is 11.5 Å². The quantitative estimate of drug-likeness (QED) is 0.284. The fourth-order valence-corrected chi connectivity index (χ4v) is 3.04. The summed E-state index contributed by atoms with van der Waals surface area (Å²) in [6, 6.07) is 5.20. The maximum atomic E-state index is 12.0. The summed E-state index contributed by atoms with van der Waals surface area (Å²) in [6.45, 7) is 2.18. The Labute approximate surface area is 125 Å². The van der Waals surface area contributed by atoms with E-state index in [1.54, 1.807) is 0 Å².